The van der Waals surface area contributed by atoms with E-state index in [1.54, 1.807) is 0 Å². The van der Waals surface area contributed by atoms with Crippen molar-refractivity contribution < 1.29 is 9.90 Å². The molecule has 0 saturated heterocycles. The van der Waals surface area contributed by atoms with Crippen molar-refractivity contribution in [2.45, 2.75) is 26.2 Å². The number of rotatable bonds is 3. The van der Waals surface area contributed by atoms with Crippen LogP contribution in [0.15, 0.2) is 0 Å². The monoisotopic (exact) mass is 128 g/mol. The van der Waals surface area contributed by atoms with E-state index < -0.39 is 5.97 Å². The van der Waals surface area contributed by atoms with Gasteiger partial charge in [-0.05, 0) is 18.3 Å². The first kappa shape index (κ1) is 6.59. The summed E-state index contributed by atoms with van der Waals surface area (Å²) in [6.07, 6.45) is 2.68. The largest absolute Gasteiger partial charge is 0.481 e. The Kier molecular flexibility index (Phi) is 1.74. The minimum atomic E-state index is -0.643. The molecule has 0 radical (unpaired) electrons. The average Bonchev–Trinajstić information content (AvgIpc) is 2.45. The molecular weight excluding hydrogens is 116 g/mol. The fraction of sp³-hybridized carbons (Fsp3) is 0.857. The smallest absolute Gasteiger partial charge is 0.303 e. The van der Waals surface area contributed by atoms with E-state index in [0.29, 0.717) is 12.3 Å². The van der Waals surface area contributed by atoms with E-state index in [1.807, 2.05) is 0 Å². The van der Waals surface area contributed by atoms with Gasteiger partial charge in [0.2, 0.25) is 0 Å². The fourth-order valence-electron chi connectivity index (χ4n) is 1.28. The van der Waals surface area contributed by atoms with E-state index in [4.69, 9.17) is 5.11 Å². The SMILES string of the molecule is CC[C@H]1C[C@@H]1CC(=O)O. The van der Waals surface area contributed by atoms with Gasteiger partial charge in [-0.15, -0.1) is 0 Å². The van der Waals surface area contributed by atoms with Crippen LogP contribution in [0.25, 0.3) is 0 Å². The summed E-state index contributed by atoms with van der Waals surface area (Å²) < 4.78 is 0. The van der Waals surface area contributed by atoms with Crippen molar-refractivity contribution in [1.29, 1.82) is 0 Å². The normalized spacial score (nSPS) is 32.1. The summed E-state index contributed by atoms with van der Waals surface area (Å²) in [5.41, 5.74) is 0. The zero-order valence-electron chi connectivity index (χ0n) is 5.63. The average molecular weight is 128 g/mol. The maximum atomic E-state index is 10.1. The lowest BCUT2D eigenvalue weighted by atomic mass is 10.2. The highest BCUT2D eigenvalue weighted by atomic mass is 16.4. The van der Waals surface area contributed by atoms with Crippen LogP contribution in [-0.4, -0.2) is 11.1 Å². The van der Waals surface area contributed by atoms with Gasteiger partial charge in [-0.1, -0.05) is 13.3 Å². The molecule has 0 bridgehead atoms. The van der Waals surface area contributed by atoms with Crippen LogP contribution in [0.3, 0.4) is 0 Å². The second kappa shape index (κ2) is 2.38. The van der Waals surface area contributed by atoms with Gasteiger partial charge in [-0.2, -0.15) is 0 Å². The molecule has 0 amide bonds. The number of carboxylic acids is 1. The molecule has 9 heavy (non-hydrogen) atoms. The molecule has 2 atom stereocenters. The molecule has 0 aromatic carbocycles. The van der Waals surface area contributed by atoms with Crippen LogP contribution in [0.1, 0.15) is 26.2 Å². The fourth-order valence-corrected chi connectivity index (χ4v) is 1.28. The summed E-state index contributed by atoms with van der Waals surface area (Å²) in [5.74, 6) is 0.588. The molecule has 0 unspecified atom stereocenters. The molecule has 52 valence electrons. The van der Waals surface area contributed by atoms with Crippen LogP contribution in [-0.2, 0) is 4.79 Å². The van der Waals surface area contributed by atoms with Crippen LogP contribution in [0.5, 0.6) is 0 Å². The molecule has 0 heterocycles. The molecule has 0 aromatic heterocycles. The van der Waals surface area contributed by atoms with Crippen LogP contribution in [0.2, 0.25) is 0 Å². The van der Waals surface area contributed by atoms with Crippen molar-refractivity contribution in [3.8, 4) is 0 Å². The summed E-state index contributed by atoms with van der Waals surface area (Å²) in [5, 5.41) is 8.34. The Morgan fingerprint density at radius 3 is 2.67 bits per heavy atom. The summed E-state index contributed by atoms with van der Waals surface area (Å²) in [6.45, 7) is 2.12. The lowest BCUT2D eigenvalue weighted by molar-refractivity contribution is -0.137. The Balaban J connectivity index is 2.12. The lowest BCUT2D eigenvalue weighted by Gasteiger charge is -1.89. The first-order valence-electron chi connectivity index (χ1n) is 3.45. The lowest BCUT2D eigenvalue weighted by Crippen LogP contribution is -1.96. The van der Waals surface area contributed by atoms with Gasteiger partial charge in [0.25, 0.3) is 0 Å². The Labute approximate surface area is 54.9 Å². The topological polar surface area (TPSA) is 37.3 Å². The Bertz CT molecular complexity index is 120. The summed E-state index contributed by atoms with van der Waals surface area (Å²) in [6, 6.07) is 0. The Hall–Kier alpha value is -0.530. The standard InChI is InChI=1S/C7H12O2/c1-2-5-3-6(5)4-7(8)9/h5-6H,2-4H2,1H3,(H,8,9)/t5-,6+/m0/s1. The van der Waals surface area contributed by atoms with Crippen LogP contribution in [0, 0.1) is 11.8 Å². The second-order valence-corrected chi connectivity index (χ2v) is 2.76. The van der Waals surface area contributed by atoms with E-state index in [1.165, 1.54) is 0 Å². The van der Waals surface area contributed by atoms with E-state index in [-0.39, 0.29) is 0 Å². The molecule has 1 saturated carbocycles. The number of carbonyl (C=O) groups is 1. The van der Waals surface area contributed by atoms with Crippen molar-refractivity contribution in [2.75, 3.05) is 0 Å². The maximum Gasteiger partial charge on any atom is 0.303 e. The van der Waals surface area contributed by atoms with Gasteiger partial charge in [0.1, 0.15) is 0 Å². The third-order valence-electron chi connectivity index (χ3n) is 2.03. The Morgan fingerprint density at radius 1 is 1.67 bits per heavy atom. The van der Waals surface area contributed by atoms with Crippen LogP contribution >= 0.6 is 0 Å². The molecule has 2 nitrogen and oxygen atoms in total. The minimum absolute atomic E-state index is 0.387. The summed E-state index contributed by atoms with van der Waals surface area (Å²) in [7, 11) is 0. The minimum Gasteiger partial charge on any atom is -0.481 e. The second-order valence-electron chi connectivity index (χ2n) is 2.76. The van der Waals surface area contributed by atoms with Crippen LogP contribution in [0.4, 0.5) is 0 Å². The molecule has 1 rings (SSSR count). The van der Waals surface area contributed by atoms with Gasteiger partial charge in [-0.25, -0.2) is 0 Å². The van der Waals surface area contributed by atoms with E-state index >= 15 is 0 Å². The van der Waals surface area contributed by atoms with Gasteiger partial charge < -0.3 is 5.11 Å². The van der Waals surface area contributed by atoms with Crippen molar-refractivity contribution in [1.82, 2.24) is 0 Å². The van der Waals surface area contributed by atoms with Crippen LogP contribution < -0.4 is 0 Å². The van der Waals surface area contributed by atoms with Gasteiger partial charge in [-0.3, -0.25) is 4.79 Å². The van der Waals surface area contributed by atoms with E-state index in [0.717, 1.165) is 18.8 Å². The molecule has 1 aliphatic carbocycles. The quantitative estimate of drug-likeness (QED) is 0.625. The first-order valence-corrected chi connectivity index (χ1v) is 3.45. The highest BCUT2D eigenvalue weighted by Gasteiger charge is 2.36. The van der Waals surface area contributed by atoms with Gasteiger partial charge >= 0.3 is 5.97 Å². The molecule has 0 aromatic rings. The van der Waals surface area contributed by atoms with Crippen molar-refractivity contribution in [3.63, 3.8) is 0 Å². The Morgan fingerprint density at radius 2 is 2.33 bits per heavy atom. The van der Waals surface area contributed by atoms with Crippen molar-refractivity contribution in [3.05, 3.63) is 0 Å². The number of hydrogen-bond donors (Lipinski definition) is 1. The van der Waals surface area contributed by atoms with Crippen molar-refractivity contribution in [2.24, 2.45) is 11.8 Å². The highest BCUT2D eigenvalue weighted by Crippen LogP contribution is 2.43. The number of aliphatic carboxylic acids is 1. The van der Waals surface area contributed by atoms with Gasteiger partial charge in [0.05, 0.1) is 0 Å². The zero-order chi connectivity index (χ0) is 6.85. The highest BCUT2D eigenvalue weighted by molar-refractivity contribution is 5.67. The predicted octanol–water partition coefficient (Wildman–Crippen LogP) is 1.51. The molecule has 1 aliphatic rings. The third-order valence-corrected chi connectivity index (χ3v) is 2.03. The van der Waals surface area contributed by atoms with Crippen molar-refractivity contribution >= 4 is 5.97 Å². The molecule has 2 heteroatoms. The maximum absolute atomic E-state index is 10.1. The predicted molar refractivity (Wildman–Crippen MR) is 34.1 cm³/mol. The molecule has 0 spiro atoms. The van der Waals surface area contributed by atoms with E-state index in [9.17, 15) is 4.79 Å². The molecule has 1 fully saturated rings. The summed E-state index contributed by atoms with van der Waals surface area (Å²) in [4.78, 5) is 10.1. The third kappa shape index (κ3) is 1.70. The number of carboxylic acid groups (broad SMARTS) is 1. The molecular formula is C7H12O2. The summed E-state index contributed by atoms with van der Waals surface area (Å²) >= 11 is 0. The first-order chi connectivity index (χ1) is 4.24. The van der Waals surface area contributed by atoms with Gasteiger partial charge in [0, 0.05) is 6.42 Å². The molecule has 0 aliphatic heterocycles. The number of hydrogen-bond acceptors (Lipinski definition) is 1. The van der Waals surface area contributed by atoms with E-state index in [2.05, 4.69) is 6.92 Å². The zero-order valence-corrected chi connectivity index (χ0v) is 5.63. The van der Waals surface area contributed by atoms with Gasteiger partial charge in [0.15, 0.2) is 0 Å². The molecule has 1 N–H and O–H groups in total.